The summed E-state index contributed by atoms with van der Waals surface area (Å²) >= 11 is 0. The number of hydrogen-bond donors (Lipinski definition) is 2. The van der Waals surface area contributed by atoms with Gasteiger partial charge in [-0.3, -0.25) is 9.59 Å². The number of hydrogen-bond acceptors (Lipinski definition) is 6. The second-order valence-corrected chi connectivity index (χ2v) is 3.48. The molecule has 1 rings (SSSR count). The van der Waals surface area contributed by atoms with Crippen LogP contribution in [0.25, 0.3) is 0 Å². The number of phenols is 1. The van der Waals surface area contributed by atoms with Gasteiger partial charge in [0.15, 0.2) is 6.61 Å². The van der Waals surface area contributed by atoms with Crippen LogP contribution in [-0.4, -0.2) is 43.2 Å². The molecule has 7 heteroatoms. The Kier molecular flexibility index (Phi) is 5.34. The number of ether oxygens (including phenoxy) is 2. The Morgan fingerprint density at radius 1 is 1.21 bits per heavy atom. The molecule has 0 spiro atoms. The van der Waals surface area contributed by atoms with E-state index in [0.29, 0.717) is 0 Å². The summed E-state index contributed by atoms with van der Waals surface area (Å²) in [6.45, 7) is -0.789. The van der Waals surface area contributed by atoms with Crippen molar-refractivity contribution in [3.63, 3.8) is 0 Å². The van der Waals surface area contributed by atoms with Crippen LogP contribution in [0.5, 0.6) is 5.75 Å². The Morgan fingerprint density at radius 2 is 1.84 bits per heavy atom. The van der Waals surface area contributed by atoms with Crippen molar-refractivity contribution in [3.8, 4) is 5.75 Å². The number of aromatic hydroxyl groups is 1. The number of carbonyl (C=O) groups excluding carboxylic acids is 3. The molecule has 1 aromatic rings. The van der Waals surface area contributed by atoms with Gasteiger partial charge < -0.3 is 19.9 Å². The molecule has 0 saturated carbocycles. The molecule has 0 aromatic heterocycles. The smallest absolute Gasteiger partial charge is 0.338 e. The van der Waals surface area contributed by atoms with E-state index in [9.17, 15) is 14.4 Å². The van der Waals surface area contributed by atoms with Crippen LogP contribution >= 0.6 is 0 Å². The van der Waals surface area contributed by atoms with Crippen molar-refractivity contribution >= 4 is 17.8 Å². The molecule has 0 bridgehead atoms. The Bertz CT molecular complexity index is 468. The molecule has 0 atom stereocenters. The van der Waals surface area contributed by atoms with Crippen molar-refractivity contribution in [3.05, 3.63) is 29.8 Å². The van der Waals surface area contributed by atoms with Gasteiger partial charge in [0.1, 0.15) is 12.3 Å². The van der Waals surface area contributed by atoms with Crippen molar-refractivity contribution in [2.45, 2.75) is 0 Å². The van der Waals surface area contributed by atoms with Gasteiger partial charge in [0.25, 0.3) is 5.91 Å². The summed E-state index contributed by atoms with van der Waals surface area (Å²) in [5, 5.41) is 11.3. The van der Waals surface area contributed by atoms with Gasteiger partial charge in [0, 0.05) is 0 Å². The van der Waals surface area contributed by atoms with Gasteiger partial charge in [-0.25, -0.2) is 4.79 Å². The largest absolute Gasteiger partial charge is 0.508 e. The third kappa shape index (κ3) is 5.07. The van der Waals surface area contributed by atoms with Gasteiger partial charge in [0.05, 0.1) is 12.7 Å². The molecule has 0 unspecified atom stereocenters. The maximum Gasteiger partial charge on any atom is 0.338 e. The Labute approximate surface area is 109 Å². The quantitative estimate of drug-likeness (QED) is 0.719. The number of rotatable bonds is 5. The van der Waals surface area contributed by atoms with E-state index < -0.39 is 24.5 Å². The van der Waals surface area contributed by atoms with Crippen molar-refractivity contribution < 1.29 is 29.0 Å². The molecule has 1 aromatic carbocycles. The van der Waals surface area contributed by atoms with Crippen molar-refractivity contribution in [2.75, 3.05) is 20.3 Å². The fourth-order valence-corrected chi connectivity index (χ4v) is 1.11. The summed E-state index contributed by atoms with van der Waals surface area (Å²) < 4.78 is 9.03. The molecule has 0 aliphatic rings. The Morgan fingerprint density at radius 3 is 2.42 bits per heavy atom. The van der Waals surface area contributed by atoms with Gasteiger partial charge in [-0.1, -0.05) is 0 Å². The summed E-state index contributed by atoms with van der Waals surface area (Å²) in [6.07, 6.45) is 0. The lowest BCUT2D eigenvalue weighted by Gasteiger charge is -2.05. The molecule has 19 heavy (non-hydrogen) atoms. The predicted molar refractivity (Wildman–Crippen MR) is 63.4 cm³/mol. The third-order valence-electron chi connectivity index (χ3n) is 2.09. The van der Waals surface area contributed by atoms with Crippen LogP contribution in [0.1, 0.15) is 10.4 Å². The van der Waals surface area contributed by atoms with Crippen LogP contribution in [-0.2, 0) is 19.1 Å². The zero-order chi connectivity index (χ0) is 14.3. The highest BCUT2D eigenvalue weighted by atomic mass is 16.5. The van der Waals surface area contributed by atoms with Crippen LogP contribution in [0.3, 0.4) is 0 Å². The molecule has 0 fully saturated rings. The van der Waals surface area contributed by atoms with Gasteiger partial charge in [-0.2, -0.15) is 0 Å². The summed E-state index contributed by atoms with van der Waals surface area (Å²) in [5.41, 5.74) is 0.207. The molecule has 2 N–H and O–H groups in total. The second kappa shape index (κ2) is 7.00. The third-order valence-corrected chi connectivity index (χ3v) is 2.09. The van der Waals surface area contributed by atoms with Gasteiger partial charge in [-0.05, 0) is 24.3 Å². The lowest BCUT2D eigenvalue weighted by atomic mass is 10.2. The second-order valence-electron chi connectivity index (χ2n) is 3.48. The van der Waals surface area contributed by atoms with Crippen LogP contribution in [0.4, 0.5) is 0 Å². The predicted octanol–water partition coefficient (Wildman–Crippen LogP) is -0.162. The number of phenolic OH excluding ortho intramolecular Hbond substituents is 1. The Balaban J connectivity index is 2.36. The number of carbonyl (C=O) groups is 3. The number of amides is 1. The van der Waals surface area contributed by atoms with Crippen LogP contribution in [0, 0.1) is 0 Å². The van der Waals surface area contributed by atoms with E-state index >= 15 is 0 Å². The number of nitrogens with one attached hydrogen (secondary N) is 1. The minimum atomic E-state index is -0.701. The summed E-state index contributed by atoms with van der Waals surface area (Å²) in [4.78, 5) is 33.4. The van der Waals surface area contributed by atoms with Crippen molar-refractivity contribution in [2.24, 2.45) is 0 Å². The van der Waals surface area contributed by atoms with E-state index in [2.05, 4.69) is 10.1 Å². The Hall–Kier alpha value is -2.57. The first kappa shape index (κ1) is 14.5. The highest BCUT2D eigenvalue weighted by molar-refractivity contribution is 5.91. The minimum absolute atomic E-state index is 0.0207. The van der Waals surface area contributed by atoms with Crippen molar-refractivity contribution in [1.29, 1.82) is 0 Å². The molecular weight excluding hydrogens is 254 g/mol. The fraction of sp³-hybridized carbons (Fsp3) is 0.250. The van der Waals surface area contributed by atoms with E-state index in [1.54, 1.807) is 0 Å². The molecule has 0 heterocycles. The number of methoxy groups -OCH3 is 1. The topological polar surface area (TPSA) is 102 Å². The van der Waals surface area contributed by atoms with Crippen LogP contribution in [0.15, 0.2) is 24.3 Å². The molecule has 1 amide bonds. The molecule has 102 valence electrons. The van der Waals surface area contributed by atoms with E-state index in [0.717, 1.165) is 0 Å². The standard InChI is InChI=1S/C12H13NO6/c1-18-11(16)6-13-10(15)7-19-12(17)8-2-4-9(14)5-3-8/h2-5,14H,6-7H2,1H3,(H,13,15). The maximum atomic E-state index is 11.5. The number of esters is 2. The lowest BCUT2D eigenvalue weighted by Crippen LogP contribution is -2.33. The molecule has 0 saturated heterocycles. The first-order chi connectivity index (χ1) is 9.02. The highest BCUT2D eigenvalue weighted by Crippen LogP contribution is 2.10. The normalized spacial score (nSPS) is 9.53. The molecule has 7 nitrogen and oxygen atoms in total. The fourth-order valence-electron chi connectivity index (χ4n) is 1.11. The van der Waals surface area contributed by atoms with Crippen LogP contribution < -0.4 is 5.32 Å². The monoisotopic (exact) mass is 267 g/mol. The van der Waals surface area contributed by atoms with Gasteiger partial charge in [-0.15, -0.1) is 0 Å². The molecule has 0 aliphatic heterocycles. The van der Waals surface area contributed by atoms with Gasteiger partial charge in [0.2, 0.25) is 0 Å². The van der Waals surface area contributed by atoms with E-state index in [4.69, 9.17) is 9.84 Å². The van der Waals surface area contributed by atoms with Gasteiger partial charge >= 0.3 is 11.9 Å². The molecule has 0 aliphatic carbocycles. The summed E-state index contributed by atoms with van der Waals surface area (Å²) in [6, 6.07) is 5.38. The number of benzene rings is 1. The van der Waals surface area contributed by atoms with E-state index in [1.807, 2.05) is 0 Å². The molecular formula is C12H13NO6. The average molecular weight is 267 g/mol. The maximum absolute atomic E-state index is 11.5. The SMILES string of the molecule is COC(=O)CNC(=O)COC(=O)c1ccc(O)cc1. The average Bonchev–Trinajstić information content (AvgIpc) is 2.42. The summed E-state index contributed by atoms with van der Waals surface area (Å²) in [5.74, 6) is -1.89. The minimum Gasteiger partial charge on any atom is -0.508 e. The van der Waals surface area contributed by atoms with Crippen molar-refractivity contribution in [1.82, 2.24) is 5.32 Å². The summed E-state index contributed by atoms with van der Waals surface area (Å²) in [7, 11) is 1.19. The highest BCUT2D eigenvalue weighted by Gasteiger charge is 2.11. The van der Waals surface area contributed by atoms with Crippen LogP contribution in [0.2, 0.25) is 0 Å². The van der Waals surface area contributed by atoms with E-state index in [-0.39, 0.29) is 17.9 Å². The first-order valence-electron chi connectivity index (χ1n) is 5.32. The lowest BCUT2D eigenvalue weighted by molar-refractivity contribution is -0.141. The first-order valence-corrected chi connectivity index (χ1v) is 5.32. The molecule has 0 radical (unpaired) electrons. The van der Waals surface area contributed by atoms with E-state index in [1.165, 1.54) is 31.4 Å². The zero-order valence-electron chi connectivity index (χ0n) is 10.2. The zero-order valence-corrected chi connectivity index (χ0v) is 10.2.